The fraction of sp³-hybridized carbons (Fsp3) is 0.700. The molecule has 1 aromatic rings. The van der Waals surface area contributed by atoms with E-state index in [9.17, 15) is 14.4 Å². The Morgan fingerprint density at radius 3 is 2.54 bits per heavy atom. The van der Waals surface area contributed by atoms with E-state index >= 15 is 0 Å². The molecule has 28 heavy (non-hydrogen) atoms. The monoisotopic (exact) mass is 389 g/mol. The van der Waals surface area contributed by atoms with Gasteiger partial charge in [-0.25, -0.2) is 4.79 Å². The van der Waals surface area contributed by atoms with Crippen molar-refractivity contribution in [3.05, 3.63) is 17.0 Å². The first-order valence-corrected chi connectivity index (χ1v) is 10.3. The number of aryl methyl sites for hydroxylation is 2. The summed E-state index contributed by atoms with van der Waals surface area (Å²) in [6.07, 6.45) is 4.89. The second-order valence-corrected chi connectivity index (χ2v) is 7.90. The van der Waals surface area contributed by atoms with Crippen molar-refractivity contribution in [3.63, 3.8) is 0 Å². The van der Waals surface area contributed by atoms with Crippen molar-refractivity contribution in [1.82, 2.24) is 25.3 Å². The van der Waals surface area contributed by atoms with Crippen LogP contribution in [0.1, 0.15) is 75.4 Å². The van der Waals surface area contributed by atoms with Crippen LogP contribution in [-0.4, -0.2) is 44.6 Å². The van der Waals surface area contributed by atoms with Gasteiger partial charge in [-0.2, -0.15) is 5.10 Å². The lowest BCUT2D eigenvalue weighted by atomic mass is 9.94. The molecule has 8 heteroatoms. The van der Waals surface area contributed by atoms with Crippen LogP contribution in [0.2, 0.25) is 0 Å². The Morgan fingerprint density at radius 1 is 1.25 bits per heavy atom. The number of hydrogen-bond acceptors (Lipinski definition) is 4. The minimum Gasteiger partial charge on any atom is -0.349 e. The van der Waals surface area contributed by atoms with Crippen molar-refractivity contribution in [3.8, 4) is 0 Å². The van der Waals surface area contributed by atoms with Gasteiger partial charge in [0, 0.05) is 23.8 Å². The highest BCUT2D eigenvalue weighted by atomic mass is 16.2. The molecule has 1 saturated heterocycles. The van der Waals surface area contributed by atoms with E-state index in [1.165, 1.54) is 4.90 Å². The summed E-state index contributed by atoms with van der Waals surface area (Å²) >= 11 is 0. The number of imide groups is 1. The number of rotatable bonds is 6. The van der Waals surface area contributed by atoms with Crippen molar-refractivity contribution in [1.29, 1.82) is 0 Å². The zero-order chi connectivity index (χ0) is 20.4. The lowest BCUT2D eigenvalue weighted by Gasteiger charge is -2.28. The van der Waals surface area contributed by atoms with E-state index in [1.54, 1.807) is 0 Å². The van der Waals surface area contributed by atoms with Crippen molar-refractivity contribution >= 4 is 17.8 Å². The number of nitrogens with zero attached hydrogens (tertiary/aromatic N) is 3. The van der Waals surface area contributed by atoms with Crippen LogP contribution in [-0.2, 0) is 16.1 Å². The minimum atomic E-state index is -0.776. The Hall–Kier alpha value is -2.38. The Morgan fingerprint density at radius 2 is 1.93 bits per heavy atom. The van der Waals surface area contributed by atoms with Gasteiger partial charge in [0.05, 0.1) is 18.2 Å². The van der Waals surface area contributed by atoms with E-state index in [2.05, 4.69) is 15.7 Å². The fourth-order valence-corrected chi connectivity index (χ4v) is 4.57. The Bertz CT molecular complexity index is 766. The first kappa shape index (κ1) is 20.4. The SMILES string of the molecule is CCn1nc(C)c(C(C)NC(=O)CC2NC(=O)N(C3CCCCC3)C2=O)c1C. The van der Waals surface area contributed by atoms with E-state index in [4.69, 9.17) is 0 Å². The minimum absolute atomic E-state index is 0.0292. The third kappa shape index (κ3) is 3.91. The zero-order valence-corrected chi connectivity index (χ0v) is 17.2. The van der Waals surface area contributed by atoms with Gasteiger partial charge in [0.2, 0.25) is 5.91 Å². The van der Waals surface area contributed by atoms with Gasteiger partial charge in [0.1, 0.15) is 6.04 Å². The van der Waals surface area contributed by atoms with Gasteiger partial charge in [-0.3, -0.25) is 19.2 Å². The van der Waals surface area contributed by atoms with Gasteiger partial charge >= 0.3 is 6.03 Å². The van der Waals surface area contributed by atoms with Gasteiger partial charge in [-0.15, -0.1) is 0 Å². The molecule has 154 valence electrons. The second-order valence-electron chi connectivity index (χ2n) is 7.90. The highest BCUT2D eigenvalue weighted by Crippen LogP contribution is 2.26. The molecular weight excluding hydrogens is 358 g/mol. The molecule has 4 amide bonds. The summed E-state index contributed by atoms with van der Waals surface area (Å²) in [6.45, 7) is 8.63. The predicted octanol–water partition coefficient (Wildman–Crippen LogP) is 2.34. The average molecular weight is 390 g/mol. The largest absolute Gasteiger partial charge is 0.349 e. The van der Waals surface area contributed by atoms with Crippen LogP contribution in [0.4, 0.5) is 4.79 Å². The normalized spacial score (nSPS) is 21.7. The quantitative estimate of drug-likeness (QED) is 0.730. The highest BCUT2D eigenvalue weighted by Gasteiger charge is 2.43. The van der Waals surface area contributed by atoms with Crippen LogP contribution >= 0.6 is 0 Å². The molecule has 1 saturated carbocycles. The molecule has 1 aliphatic heterocycles. The standard InChI is InChI=1S/C20H31N5O3/c1-5-24-14(4)18(13(3)23-24)12(2)21-17(26)11-16-19(27)25(20(28)22-16)15-9-7-6-8-10-15/h12,15-16H,5-11H2,1-4H3,(H,21,26)(H,22,28). The van der Waals surface area contributed by atoms with E-state index in [0.717, 1.165) is 55.6 Å². The first-order chi connectivity index (χ1) is 13.3. The molecule has 2 N–H and O–H groups in total. The van der Waals surface area contributed by atoms with Crippen molar-refractivity contribution in [2.24, 2.45) is 0 Å². The molecule has 2 aliphatic rings. The summed E-state index contributed by atoms with van der Waals surface area (Å²) in [5, 5.41) is 10.1. The van der Waals surface area contributed by atoms with Crippen LogP contribution in [0.5, 0.6) is 0 Å². The molecule has 0 spiro atoms. The van der Waals surface area contributed by atoms with E-state index in [1.807, 2.05) is 32.4 Å². The van der Waals surface area contributed by atoms with Crippen molar-refractivity contribution in [2.45, 2.75) is 90.9 Å². The van der Waals surface area contributed by atoms with Crippen LogP contribution in [0.15, 0.2) is 0 Å². The second kappa shape index (κ2) is 8.32. The maximum atomic E-state index is 12.7. The Kier molecular flexibility index (Phi) is 6.05. The Balaban J connectivity index is 1.61. The lowest BCUT2D eigenvalue weighted by molar-refractivity contribution is -0.132. The summed E-state index contributed by atoms with van der Waals surface area (Å²) < 4.78 is 1.91. The molecule has 2 atom stereocenters. The zero-order valence-electron chi connectivity index (χ0n) is 17.2. The van der Waals surface area contributed by atoms with Gasteiger partial charge in [-0.05, 0) is 40.5 Å². The maximum absolute atomic E-state index is 12.7. The molecular formula is C20H31N5O3. The molecule has 1 aliphatic carbocycles. The maximum Gasteiger partial charge on any atom is 0.325 e. The molecule has 1 aromatic heterocycles. The van der Waals surface area contributed by atoms with Crippen LogP contribution in [0.3, 0.4) is 0 Å². The van der Waals surface area contributed by atoms with Gasteiger partial charge in [0.15, 0.2) is 0 Å². The number of carbonyl (C=O) groups excluding carboxylic acids is 3. The van der Waals surface area contributed by atoms with Crippen LogP contribution < -0.4 is 10.6 Å². The number of amides is 4. The van der Waals surface area contributed by atoms with Gasteiger partial charge in [-0.1, -0.05) is 19.3 Å². The summed E-state index contributed by atoms with van der Waals surface area (Å²) in [4.78, 5) is 38.9. The highest BCUT2D eigenvalue weighted by molar-refractivity contribution is 6.06. The van der Waals surface area contributed by atoms with Crippen LogP contribution in [0, 0.1) is 13.8 Å². The summed E-state index contributed by atoms with van der Waals surface area (Å²) in [6, 6.07) is -1.38. The fourth-order valence-electron chi connectivity index (χ4n) is 4.57. The molecule has 8 nitrogen and oxygen atoms in total. The number of carbonyl (C=O) groups is 3. The summed E-state index contributed by atoms with van der Waals surface area (Å²) in [5.41, 5.74) is 2.92. The predicted molar refractivity (Wildman–Crippen MR) is 105 cm³/mol. The molecule has 0 bridgehead atoms. The number of urea groups is 1. The number of nitrogens with one attached hydrogen (secondary N) is 2. The van der Waals surface area contributed by atoms with Gasteiger partial charge in [0.25, 0.3) is 5.91 Å². The molecule has 0 radical (unpaired) electrons. The smallest absolute Gasteiger partial charge is 0.325 e. The Labute approximate surface area is 166 Å². The topological polar surface area (TPSA) is 96.3 Å². The third-order valence-electron chi connectivity index (χ3n) is 5.93. The molecule has 0 aromatic carbocycles. The molecule has 2 heterocycles. The average Bonchev–Trinajstić information content (AvgIpc) is 3.10. The van der Waals surface area contributed by atoms with Crippen molar-refractivity contribution < 1.29 is 14.4 Å². The van der Waals surface area contributed by atoms with Crippen molar-refractivity contribution in [2.75, 3.05) is 0 Å². The molecule has 2 unspecified atom stereocenters. The third-order valence-corrected chi connectivity index (χ3v) is 5.93. The van der Waals surface area contributed by atoms with Crippen LogP contribution in [0.25, 0.3) is 0 Å². The summed E-state index contributed by atoms with van der Waals surface area (Å²) in [7, 11) is 0. The van der Waals surface area contributed by atoms with E-state index in [0.29, 0.717) is 0 Å². The number of hydrogen-bond donors (Lipinski definition) is 2. The van der Waals surface area contributed by atoms with E-state index in [-0.39, 0.29) is 36.3 Å². The van der Waals surface area contributed by atoms with Gasteiger partial charge < -0.3 is 10.6 Å². The van der Waals surface area contributed by atoms with E-state index < -0.39 is 6.04 Å². The summed E-state index contributed by atoms with van der Waals surface area (Å²) in [5.74, 6) is -0.523. The lowest BCUT2D eigenvalue weighted by Crippen LogP contribution is -2.42. The molecule has 2 fully saturated rings. The number of aromatic nitrogens is 2. The molecule has 3 rings (SSSR count). The first-order valence-electron chi connectivity index (χ1n) is 10.3.